The number of fused-ring (bicyclic) bond motifs is 1. The Kier molecular flexibility index (Phi) is 6.23. The third-order valence-electron chi connectivity index (χ3n) is 3.88. The van der Waals surface area contributed by atoms with Crippen LogP contribution in [0.25, 0.3) is 10.1 Å². The summed E-state index contributed by atoms with van der Waals surface area (Å²) in [5.74, 6) is 0.135. The first-order valence-corrected chi connectivity index (χ1v) is 9.23. The third-order valence-corrected chi connectivity index (χ3v) is 4.93. The standard InChI is InChI=1S/C20H19N3O4S/c1-26-16-8-7-14(10-17(16)27-2)20(25)21-12-19(24)23-22-11-15-9-13-5-3-4-6-18(13)28-15/h3-11H,12H2,1-2H3,(H,21,25)(H,23,24)/b22-11+. The molecule has 0 aliphatic rings. The predicted octanol–water partition coefficient (Wildman–Crippen LogP) is 2.80. The third kappa shape index (κ3) is 4.66. The van der Waals surface area contributed by atoms with Gasteiger partial charge in [0.25, 0.3) is 11.8 Å². The summed E-state index contributed by atoms with van der Waals surface area (Å²) in [5, 5.41) is 7.60. The number of benzene rings is 2. The van der Waals surface area contributed by atoms with E-state index in [1.54, 1.807) is 35.8 Å². The van der Waals surface area contributed by atoms with Crippen LogP contribution in [0.1, 0.15) is 15.2 Å². The molecule has 0 aliphatic carbocycles. The van der Waals surface area contributed by atoms with Gasteiger partial charge in [0, 0.05) is 15.1 Å². The Balaban J connectivity index is 1.51. The van der Waals surface area contributed by atoms with Crippen molar-refractivity contribution < 1.29 is 19.1 Å². The molecule has 2 N–H and O–H groups in total. The maximum atomic E-state index is 12.2. The summed E-state index contributed by atoms with van der Waals surface area (Å²) in [4.78, 5) is 25.0. The summed E-state index contributed by atoms with van der Waals surface area (Å²) < 4.78 is 11.5. The Morgan fingerprint density at radius 1 is 1.07 bits per heavy atom. The molecule has 3 rings (SSSR count). The lowest BCUT2D eigenvalue weighted by molar-refractivity contribution is -0.120. The number of hydrogen-bond acceptors (Lipinski definition) is 6. The molecule has 0 fully saturated rings. The Morgan fingerprint density at radius 3 is 2.61 bits per heavy atom. The molecule has 2 amide bonds. The van der Waals surface area contributed by atoms with Gasteiger partial charge in [0.15, 0.2) is 11.5 Å². The van der Waals surface area contributed by atoms with Crippen LogP contribution in [0.2, 0.25) is 0 Å². The molecular formula is C20H19N3O4S. The van der Waals surface area contributed by atoms with Crippen LogP contribution in [-0.2, 0) is 4.79 Å². The molecule has 0 spiro atoms. The van der Waals surface area contributed by atoms with E-state index in [0.29, 0.717) is 17.1 Å². The van der Waals surface area contributed by atoms with Crippen molar-refractivity contribution in [3.8, 4) is 11.5 Å². The predicted molar refractivity (Wildman–Crippen MR) is 109 cm³/mol. The number of carbonyl (C=O) groups is 2. The second-order valence-corrected chi connectivity index (χ2v) is 6.85. The monoisotopic (exact) mass is 397 g/mol. The van der Waals surface area contributed by atoms with Gasteiger partial charge in [-0.2, -0.15) is 5.10 Å². The number of carbonyl (C=O) groups excluding carboxylic acids is 2. The summed E-state index contributed by atoms with van der Waals surface area (Å²) >= 11 is 1.58. The fraction of sp³-hybridized carbons (Fsp3) is 0.150. The van der Waals surface area contributed by atoms with Crippen molar-refractivity contribution in [3.05, 3.63) is 59.0 Å². The zero-order valence-corrected chi connectivity index (χ0v) is 16.2. The van der Waals surface area contributed by atoms with Gasteiger partial charge < -0.3 is 14.8 Å². The highest BCUT2D eigenvalue weighted by Crippen LogP contribution is 2.27. The molecule has 0 atom stereocenters. The zero-order chi connectivity index (χ0) is 19.9. The summed E-state index contributed by atoms with van der Waals surface area (Å²) in [6, 6.07) is 14.8. The van der Waals surface area contributed by atoms with E-state index in [0.717, 1.165) is 15.0 Å². The van der Waals surface area contributed by atoms with Crippen molar-refractivity contribution in [2.75, 3.05) is 20.8 Å². The molecule has 0 saturated carbocycles. The van der Waals surface area contributed by atoms with Crippen LogP contribution in [0.5, 0.6) is 11.5 Å². The molecule has 7 nitrogen and oxygen atoms in total. The van der Waals surface area contributed by atoms with Gasteiger partial charge in [-0.25, -0.2) is 5.43 Å². The van der Waals surface area contributed by atoms with Crippen molar-refractivity contribution in [2.45, 2.75) is 0 Å². The highest BCUT2D eigenvalue weighted by atomic mass is 32.1. The lowest BCUT2D eigenvalue weighted by Gasteiger charge is -2.09. The van der Waals surface area contributed by atoms with Crippen LogP contribution in [0, 0.1) is 0 Å². The van der Waals surface area contributed by atoms with E-state index in [-0.39, 0.29) is 6.54 Å². The Hall–Kier alpha value is -3.39. The first-order chi connectivity index (χ1) is 13.6. The van der Waals surface area contributed by atoms with Crippen LogP contribution < -0.4 is 20.2 Å². The topological polar surface area (TPSA) is 89.0 Å². The van der Waals surface area contributed by atoms with Crippen molar-refractivity contribution in [2.24, 2.45) is 5.10 Å². The first-order valence-electron chi connectivity index (χ1n) is 8.41. The molecule has 0 saturated heterocycles. The molecule has 3 aromatic rings. The average Bonchev–Trinajstić information content (AvgIpc) is 3.14. The van der Waals surface area contributed by atoms with E-state index in [4.69, 9.17) is 9.47 Å². The normalized spacial score (nSPS) is 10.8. The molecule has 1 heterocycles. The molecule has 8 heteroatoms. The van der Waals surface area contributed by atoms with E-state index < -0.39 is 11.8 Å². The van der Waals surface area contributed by atoms with E-state index in [1.165, 1.54) is 14.2 Å². The number of methoxy groups -OCH3 is 2. The summed E-state index contributed by atoms with van der Waals surface area (Å²) in [7, 11) is 3.00. The molecule has 0 aliphatic heterocycles. The van der Waals surface area contributed by atoms with Gasteiger partial charge in [-0.15, -0.1) is 11.3 Å². The number of rotatable bonds is 7. The molecule has 0 radical (unpaired) electrons. The van der Waals surface area contributed by atoms with Crippen LogP contribution in [-0.4, -0.2) is 38.8 Å². The Morgan fingerprint density at radius 2 is 1.86 bits per heavy atom. The largest absolute Gasteiger partial charge is 0.493 e. The molecule has 2 aromatic carbocycles. The van der Waals surface area contributed by atoms with Crippen LogP contribution in [0.4, 0.5) is 0 Å². The van der Waals surface area contributed by atoms with Crippen molar-refractivity contribution in [3.63, 3.8) is 0 Å². The van der Waals surface area contributed by atoms with Gasteiger partial charge in [0.2, 0.25) is 0 Å². The van der Waals surface area contributed by atoms with Gasteiger partial charge in [-0.1, -0.05) is 18.2 Å². The number of nitrogens with one attached hydrogen (secondary N) is 2. The van der Waals surface area contributed by atoms with Crippen LogP contribution in [0.15, 0.2) is 53.6 Å². The Labute approximate surface area is 166 Å². The number of thiophene rings is 1. The number of hydrogen-bond donors (Lipinski definition) is 2. The van der Waals surface area contributed by atoms with E-state index in [9.17, 15) is 9.59 Å². The second kappa shape index (κ2) is 9.01. The quantitative estimate of drug-likeness (QED) is 0.474. The van der Waals surface area contributed by atoms with E-state index in [1.807, 2.05) is 30.3 Å². The van der Waals surface area contributed by atoms with Gasteiger partial charge in [0.1, 0.15) is 0 Å². The van der Waals surface area contributed by atoms with Crippen molar-refractivity contribution in [1.29, 1.82) is 0 Å². The number of hydrazone groups is 1. The van der Waals surface area contributed by atoms with Gasteiger partial charge in [0.05, 0.1) is 27.0 Å². The molecule has 28 heavy (non-hydrogen) atoms. The van der Waals surface area contributed by atoms with Gasteiger partial charge in [-0.05, 0) is 35.7 Å². The molecule has 144 valence electrons. The molecule has 0 unspecified atom stereocenters. The number of ether oxygens (including phenoxy) is 2. The lowest BCUT2D eigenvalue weighted by Crippen LogP contribution is -2.34. The molecule has 1 aromatic heterocycles. The zero-order valence-electron chi connectivity index (χ0n) is 15.4. The molecular weight excluding hydrogens is 378 g/mol. The smallest absolute Gasteiger partial charge is 0.259 e. The average molecular weight is 397 g/mol. The van der Waals surface area contributed by atoms with Crippen LogP contribution in [0.3, 0.4) is 0 Å². The fourth-order valence-corrected chi connectivity index (χ4v) is 3.45. The summed E-state index contributed by atoms with van der Waals surface area (Å²) in [6.45, 7) is -0.197. The lowest BCUT2D eigenvalue weighted by atomic mass is 10.2. The highest BCUT2D eigenvalue weighted by molar-refractivity contribution is 7.20. The SMILES string of the molecule is COc1ccc(C(=O)NCC(=O)N/N=C/c2cc3ccccc3s2)cc1OC. The minimum absolute atomic E-state index is 0.197. The van der Waals surface area contributed by atoms with Crippen molar-refractivity contribution in [1.82, 2.24) is 10.7 Å². The molecule has 0 bridgehead atoms. The minimum Gasteiger partial charge on any atom is -0.493 e. The minimum atomic E-state index is -0.425. The maximum Gasteiger partial charge on any atom is 0.259 e. The van der Waals surface area contributed by atoms with Crippen LogP contribution >= 0.6 is 11.3 Å². The first kappa shape index (κ1) is 19.4. The van der Waals surface area contributed by atoms with Gasteiger partial charge in [-0.3, -0.25) is 9.59 Å². The summed E-state index contributed by atoms with van der Waals surface area (Å²) in [5.41, 5.74) is 2.76. The van der Waals surface area contributed by atoms with Gasteiger partial charge >= 0.3 is 0 Å². The van der Waals surface area contributed by atoms with E-state index >= 15 is 0 Å². The fourth-order valence-electron chi connectivity index (χ4n) is 2.51. The summed E-state index contributed by atoms with van der Waals surface area (Å²) in [6.07, 6.45) is 1.58. The maximum absolute atomic E-state index is 12.2. The Bertz CT molecular complexity index is 996. The van der Waals surface area contributed by atoms with E-state index in [2.05, 4.69) is 15.8 Å². The number of amides is 2. The second-order valence-electron chi connectivity index (χ2n) is 5.73. The number of nitrogens with zero attached hydrogens (tertiary/aromatic N) is 1. The van der Waals surface area contributed by atoms with Crippen molar-refractivity contribution >= 4 is 39.5 Å². The highest BCUT2D eigenvalue weighted by Gasteiger charge is 2.11.